The topological polar surface area (TPSA) is 61.5 Å². The van der Waals surface area contributed by atoms with Crippen molar-refractivity contribution in [3.63, 3.8) is 0 Å². The zero-order chi connectivity index (χ0) is 20.3. The summed E-state index contributed by atoms with van der Waals surface area (Å²) in [7, 11) is 1.69. The number of piperazine rings is 1. The number of amides is 1. The number of hydrogen-bond donors (Lipinski definition) is 1. The SMILES string of the molecule is COc1cnc2[nH]ccc2c1N1CCN(C(=O)c2cc3ccccc3s2)C2(CC2)C1. The molecule has 0 atom stereocenters. The number of pyridine rings is 1. The molecule has 6 nitrogen and oxygen atoms in total. The van der Waals surface area contributed by atoms with Crippen molar-refractivity contribution in [1.82, 2.24) is 14.9 Å². The second kappa shape index (κ2) is 6.47. The Bertz CT molecular complexity index is 1240. The molecule has 1 amide bonds. The highest BCUT2D eigenvalue weighted by Gasteiger charge is 2.53. The number of thiophene rings is 1. The van der Waals surface area contributed by atoms with Crippen LogP contribution in [-0.2, 0) is 0 Å². The van der Waals surface area contributed by atoms with E-state index in [1.807, 2.05) is 24.4 Å². The summed E-state index contributed by atoms with van der Waals surface area (Å²) >= 11 is 1.60. The van der Waals surface area contributed by atoms with Gasteiger partial charge in [0.05, 0.1) is 29.4 Å². The van der Waals surface area contributed by atoms with E-state index in [0.29, 0.717) is 6.54 Å². The number of fused-ring (bicyclic) bond motifs is 2. The van der Waals surface area contributed by atoms with Gasteiger partial charge in [0.1, 0.15) is 5.65 Å². The maximum atomic E-state index is 13.4. The molecule has 3 aromatic heterocycles. The Balaban J connectivity index is 1.32. The minimum atomic E-state index is -0.0809. The Morgan fingerprint density at radius 1 is 1.23 bits per heavy atom. The molecule has 2 aliphatic rings. The number of nitrogens with one attached hydrogen (secondary N) is 1. The van der Waals surface area contributed by atoms with Crippen molar-refractivity contribution < 1.29 is 9.53 Å². The van der Waals surface area contributed by atoms with Gasteiger partial charge in [-0.05, 0) is 36.4 Å². The minimum absolute atomic E-state index is 0.0809. The van der Waals surface area contributed by atoms with Gasteiger partial charge in [0.2, 0.25) is 0 Å². The third-order valence-corrected chi connectivity index (χ3v) is 7.52. The summed E-state index contributed by atoms with van der Waals surface area (Å²) in [4.78, 5) is 26.4. The van der Waals surface area contributed by atoms with Gasteiger partial charge in [-0.2, -0.15) is 0 Å². The molecule has 1 spiro atoms. The van der Waals surface area contributed by atoms with Gasteiger partial charge in [-0.1, -0.05) is 18.2 Å². The summed E-state index contributed by atoms with van der Waals surface area (Å²) in [6, 6.07) is 12.3. The van der Waals surface area contributed by atoms with Gasteiger partial charge in [0, 0.05) is 35.9 Å². The Kier molecular flexibility index (Phi) is 3.83. The lowest BCUT2D eigenvalue weighted by Crippen LogP contribution is -2.57. The molecule has 152 valence electrons. The Hall–Kier alpha value is -3.06. The average Bonchev–Trinajstić information content (AvgIpc) is 3.19. The summed E-state index contributed by atoms with van der Waals surface area (Å²) in [6.07, 6.45) is 5.78. The number of rotatable bonds is 3. The van der Waals surface area contributed by atoms with Crippen molar-refractivity contribution in [3.8, 4) is 5.75 Å². The molecule has 4 heterocycles. The van der Waals surface area contributed by atoms with Gasteiger partial charge in [-0.3, -0.25) is 4.79 Å². The normalized spacial score (nSPS) is 17.8. The summed E-state index contributed by atoms with van der Waals surface area (Å²) < 4.78 is 6.81. The van der Waals surface area contributed by atoms with Crippen molar-refractivity contribution in [2.45, 2.75) is 18.4 Å². The Morgan fingerprint density at radius 3 is 2.90 bits per heavy atom. The number of carbonyl (C=O) groups excluding carboxylic acids is 1. The second-order valence-electron chi connectivity index (χ2n) is 8.17. The molecule has 0 bridgehead atoms. The van der Waals surface area contributed by atoms with Crippen LogP contribution < -0.4 is 9.64 Å². The number of ether oxygens (including phenoxy) is 1. The van der Waals surface area contributed by atoms with Crippen LogP contribution in [0.5, 0.6) is 5.75 Å². The van der Waals surface area contributed by atoms with Crippen molar-refractivity contribution >= 4 is 44.1 Å². The zero-order valence-corrected chi connectivity index (χ0v) is 17.5. The summed E-state index contributed by atoms with van der Waals surface area (Å²) in [6.45, 7) is 2.31. The smallest absolute Gasteiger partial charge is 0.264 e. The number of nitrogens with zero attached hydrogens (tertiary/aromatic N) is 3. The second-order valence-corrected chi connectivity index (χ2v) is 9.25. The van der Waals surface area contributed by atoms with E-state index in [1.54, 1.807) is 24.6 Å². The highest BCUT2D eigenvalue weighted by Crippen LogP contribution is 2.48. The van der Waals surface area contributed by atoms with Crippen molar-refractivity contribution in [2.24, 2.45) is 0 Å². The van der Waals surface area contributed by atoms with E-state index in [2.05, 4.69) is 38.0 Å². The molecule has 1 aromatic carbocycles. The van der Waals surface area contributed by atoms with Crippen molar-refractivity contribution in [2.75, 3.05) is 31.6 Å². The standard InChI is InChI=1S/C23H22N4O2S/c1-29-17-13-25-21-16(6-9-24-21)20(17)26-10-11-27(23(14-26)7-8-23)22(28)19-12-15-4-2-3-5-18(15)30-19/h2-6,9,12-13H,7-8,10-11,14H2,1H3,(H,24,25). The maximum Gasteiger partial charge on any atom is 0.264 e. The number of aromatic nitrogens is 2. The van der Waals surface area contributed by atoms with E-state index in [-0.39, 0.29) is 11.4 Å². The molecule has 7 heteroatoms. The lowest BCUT2D eigenvalue weighted by atomic mass is 10.1. The molecular weight excluding hydrogens is 396 g/mol. The van der Waals surface area contributed by atoms with Gasteiger partial charge in [-0.15, -0.1) is 11.3 Å². The molecule has 30 heavy (non-hydrogen) atoms. The Labute approximate surface area is 178 Å². The average molecular weight is 419 g/mol. The molecule has 1 N–H and O–H groups in total. The molecule has 4 aromatic rings. The molecule has 1 aliphatic carbocycles. The molecule has 0 unspecified atom stereocenters. The van der Waals surface area contributed by atoms with Crippen LogP contribution in [0.1, 0.15) is 22.5 Å². The molecule has 1 saturated heterocycles. The van der Waals surface area contributed by atoms with Gasteiger partial charge in [-0.25, -0.2) is 4.98 Å². The van der Waals surface area contributed by atoms with Crippen LogP contribution in [0.25, 0.3) is 21.1 Å². The number of hydrogen-bond acceptors (Lipinski definition) is 5. The van der Waals surface area contributed by atoms with Crippen LogP contribution in [0.3, 0.4) is 0 Å². The fourth-order valence-electron chi connectivity index (χ4n) is 4.73. The highest BCUT2D eigenvalue weighted by molar-refractivity contribution is 7.20. The van der Waals surface area contributed by atoms with Crippen LogP contribution in [0.15, 0.2) is 48.8 Å². The molecular formula is C23H22N4O2S. The van der Waals surface area contributed by atoms with E-state index in [0.717, 1.165) is 58.7 Å². The van der Waals surface area contributed by atoms with E-state index in [9.17, 15) is 4.79 Å². The Morgan fingerprint density at radius 2 is 2.10 bits per heavy atom. The summed E-state index contributed by atoms with van der Waals surface area (Å²) in [5, 5.41) is 2.21. The molecule has 0 radical (unpaired) electrons. The molecule has 6 rings (SSSR count). The number of aromatic amines is 1. The monoisotopic (exact) mass is 418 g/mol. The van der Waals surface area contributed by atoms with Crippen molar-refractivity contribution in [3.05, 3.63) is 53.7 Å². The lowest BCUT2D eigenvalue weighted by molar-refractivity contribution is 0.0630. The minimum Gasteiger partial charge on any atom is -0.493 e. The fourth-order valence-corrected chi connectivity index (χ4v) is 5.74. The van der Waals surface area contributed by atoms with E-state index < -0.39 is 0 Å². The van der Waals surface area contributed by atoms with Crippen LogP contribution in [-0.4, -0.2) is 53.1 Å². The van der Waals surface area contributed by atoms with Crippen LogP contribution in [0.4, 0.5) is 5.69 Å². The first kappa shape index (κ1) is 17.8. The van der Waals surface area contributed by atoms with E-state index in [1.165, 1.54) is 4.70 Å². The number of carbonyl (C=O) groups is 1. The van der Waals surface area contributed by atoms with Crippen LogP contribution in [0.2, 0.25) is 0 Å². The maximum absolute atomic E-state index is 13.4. The first-order valence-corrected chi connectivity index (χ1v) is 11.1. The van der Waals surface area contributed by atoms with E-state index in [4.69, 9.17) is 4.74 Å². The largest absolute Gasteiger partial charge is 0.493 e. The first-order valence-electron chi connectivity index (χ1n) is 10.2. The summed E-state index contributed by atoms with van der Waals surface area (Å²) in [5.41, 5.74) is 1.85. The predicted octanol–water partition coefficient (Wildman–Crippen LogP) is 4.28. The third kappa shape index (κ3) is 2.61. The zero-order valence-electron chi connectivity index (χ0n) is 16.7. The van der Waals surface area contributed by atoms with Crippen LogP contribution in [0, 0.1) is 0 Å². The molecule has 1 saturated carbocycles. The number of H-pyrrole nitrogens is 1. The predicted molar refractivity (Wildman–Crippen MR) is 120 cm³/mol. The third-order valence-electron chi connectivity index (χ3n) is 6.42. The number of anilines is 1. The highest BCUT2D eigenvalue weighted by atomic mass is 32.1. The number of benzene rings is 1. The first-order chi connectivity index (χ1) is 14.7. The van der Waals surface area contributed by atoms with Gasteiger partial charge in [0.25, 0.3) is 5.91 Å². The molecule has 1 aliphatic heterocycles. The van der Waals surface area contributed by atoms with Gasteiger partial charge < -0.3 is 19.5 Å². The van der Waals surface area contributed by atoms with Crippen molar-refractivity contribution in [1.29, 1.82) is 0 Å². The fraction of sp³-hybridized carbons (Fsp3) is 0.304. The molecule has 2 fully saturated rings. The lowest BCUT2D eigenvalue weighted by Gasteiger charge is -2.43. The van der Waals surface area contributed by atoms with E-state index >= 15 is 0 Å². The number of methoxy groups -OCH3 is 1. The van der Waals surface area contributed by atoms with Crippen LogP contribution >= 0.6 is 11.3 Å². The summed E-state index contributed by atoms with van der Waals surface area (Å²) in [5.74, 6) is 0.948. The van der Waals surface area contributed by atoms with Gasteiger partial charge in [0.15, 0.2) is 5.75 Å². The van der Waals surface area contributed by atoms with Gasteiger partial charge >= 0.3 is 0 Å². The quantitative estimate of drug-likeness (QED) is 0.539.